The van der Waals surface area contributed by atoms with Crippen LogP contribution in [-0.2, 0) is 0 Å². The molecule has 1 unspecified atom stereocenters. The second kappa shape index (κ2) is 7.61. The molecule has 2 aliphatic heterocycles. The van der Waals surface area contributed by atoms with Crippen molar-refractivity contribution >= 4 is 5.91 Å². The number of allylic oxidation sites excluding steroid dienone is 2. The summed E-state index contributed by atoms with van der Waals surface area (Å²) in [6.45, 7) is 4.97. The molecule has 0 bridgehead atoms. The van der Waals surface area contributed by atoms with Crippen molar-refractivity contribution in [3.05, 3.63) is 42.0 Å². The van der Waals surface area contributed by atoms with Gasteiger partial charge in [-0.1, -0.05) is 18.2 Å². The molecule has 2 fully saturated rings. The summed E-state index contributed by atoms with van der Waals surface area (Å²) in [5.41, 5.74) is 0.754. The van der Waals surface area contributed by atoms with Crippen LogP contribution in [-0.4, -0.2) is 54.5 Å². The topological polar surface area (TPSA) is 32.8 Å². The first-order chi connectivity index (χ1) is 12.3. The molecule has 3 aliphatic rings. The first-order valence-electron chi connectivity index (χ1n) is 9.71. The monoisotopic (exact) mass is 340 g/mol. The molecule has 4 heteroatoms. The lowest BCUT2D eigenvalue weighted by atomic mass is 9.93. The summed E-state index contributed by atoms with van der Waals surface area (Å²) < 4.78 is 6.10. The predicted octanol–water partition coefficient (Wildman–Crippen LogP) is 3.34. The maximum absolute atomic E-state index is 12.5. The van der Waals surface area contributed by atoms with E-state index in [-0.39, 0.29) is 12.0 Å². The number of likely N-dealkylation sites (tertiary alicyclic amines) is 2. The molecule has 0 aromatic heterocycles. The van der Waals surface area contributed by atoms with Crippen LogP contribution >= 0.6 is 0 Å². The van der Waals surface area contributed by atoms with Crippen molar-refractivity contribution in [1.82, 2.24) is 9.80 Å². The smallest absolute Gasteiger partial charge is 0.253 e. The molecule has 4 rings (SSSR count). The highest BCUT2D eigenvalue weighted by Gasteiger charge is 2.30. The molecule has 0 radical (unpaired) electrons. The number of hydrogen-bond donors (Lipinski definition) is 0. The third-order valence-electron chi connectivity index (χ3n) is 5.59. The van der Waals surface area contributed by atoms with Gasteiger partial charge in [0.1, 0.15) is 11.9 Å². The van der Waals surface area contributed by atoms with E-state index in [1.165, 1.54) is 25.8 Å². The van der Waals surface area contributed by atoms with Crippen LogP contribution < -0.4 is 4.74 Å². The number of ether oxygens (including phenoxy) is 1. The van der Waals surface area contributed by atoms with Gasteiger partial charge in [0.2, 0.25) is 0 Å². The Morgan fingerprint density at radius 3 is 2.76 bits per heavy atom. The van der Waals surface area contributed by atoms with Crippen molar-refractivity contribution in [2.24, 2.45) is 5.92 Å². The Bertz CT molecular complexity index is 631. The van der Waals surface area contributed by atoms with E-state index in [1.807, 2.05) is 29.2 Å². The molecule has 1 amide bonds. The summed E-state index contributed by atoms with van der Waals surface area (Å²) in [6.07, 6.45) is 10.9. The fourth-order valence-electron chi connectivity index (χ4n) is 4.13. The summed E-state index contributed by atoms with van der Waals surface area (Å²) in [5.74, 6) is 1.78. The normalized spacial score (nSPS) is 24.3. The van der Waals surface area contributed by atoms with Gasteiger partial charge in [0, 0.05) is 38.3 Å². The third-order valence-corrected chi connectivity index (χ3v) is 5.59. The van der Waals surface area contributed by atoms with E-state index in [0.717, 1.165) is 56.3 Å². The second-order valence-corrected chi connectivity index (χ2v) is 7.64. The minimum absolute atomic E-state index is 0.142. The van der Waals surface area contributed by atoms with Crippen molar-refractivity contribution < 1.29 is 9.53 Å². The highest BCUT2D eigenvalue weighted by Crippen LogP contribution is 2.24. The molecule has 1 aromatic carbocycles. The van der Waals surface area contributed by atoms with Gasteiger partial charge in [-0.05, 0) is 56.2 Å². The average molecular weight is 340 g/mol. The first kappa shape index (κ1) is 16.6. The van der Waals surface area contributed by atoms with Gasteiger partial charge in [-0.3, -0.25) is 9.69 Å². The van der Waals surface area contributed by atoms with Crippen molar-refractivity contribution in [1.29, 1.82) is 0 Å². The fourth-order valence-corrected chi connectivity index (χ4v) is 4.13. The summed E-state index contributed by atoms with van der Waals surface area (Å²) in [7, 11) is 0. The molecule has 4 nitrogen and oxygen atoms in total. The van der Waals surface area contributed by atoms with Crippen LogP contribution in [0.1, 0.15) is 42.5 Å². The van der Waals surface area contributed by atoms with E-state index < -0.39 is 0 Å². The number of nitrogens with zero attached hydrogens (tertiary/aromatic N) is 2. The zero-order valence-corrected chi connectivity index (χ0v) is 14.9. The standard InChI is InChI=1S/C21H28N2O2/c24-21(23-11-4-5-12-23)18-9-6-10-19(13-18)25-20-15-22(16-20)14-17-7-2-1-3-8-17/h1-2,6,9-10,13,17,20H,3-5,7-8,11-12,14-16H2. The van der Waals surface area contributed by atoms with E-state index in [4.69, 9.17) is 4.74 Å². The van der Waals surface area contributed by atoms with Crippen LogP contribution in [0.3, 0.4) is 0 Å². The number of rotatable bonds is 5. The van der Waals surface area contributed by atoms with Gasteiger partial charge in [-0.15, -0.1) is 0 Å². The van der Waals surface area contributed by atoms with E-state index in [9.17, 15) is 4.79 Å². The maximum Gasteiger partial charge on any atom is 0.253 e. The molecule has 0 N–H and O–H groups in total. The molecule has 1 aromatic rings. The lowest BCUT2D eigenvalue weighted by molar-refractivity contribution is 0.00929. The molecule has 0 saturated carbocycles. The van der Waals surface area contributed by atoms with Crippen molar-refractivity contribution in [3.63, 3.8) is 0 Å². The minimum Gasteiger partial charge on any atom is -0.488 e. The van der Waals surface area contributed by atoms with Gasteiger partial charge < -0.3 is 9.64 Å². The molecule has 25 heavy (non-hydrogen) atoms. The average Bonchev–Trinajstić information content (AvgIpc) is 3.15. The van der Waals surface area contributed by atoms with Gasteiger partial charge >= 0.3 is 0 Å². The number of carbonyl (C=O) groups is 1. The second-order valence-electron chi connectivity index (χ2n) is 7.64. The molecule has 1 aliphatic carbocycles. The molecule has 134 valence electrons. The third kappa shape index (κ3) is 4.06. The number of hydrogen-bond acceptors (Lipinski definition) is 3. The van der Waals surface area contributed by atoms with Crippen molar-refractivity contribution in [3.8, 4) is 5.75 Å². The molecule has 1 atom stereocenters. The van der Waals surface area contributed by atoms with Crippen LogP contribution in [0, 0.1) is 5.92 Å². The largest absolute Gasteiger partial charge is 0.488 e. The molecule has 2 heterocycles. The first-order valence-corrected chi connectivity index (χ1v) is 9.71. The Kier molecular flexibility index (Phi) is 5.07. The van der Waals surface area contributed by atoms with Crippen LogP contribution in [0.2, 0.25) is 0 Å². The Morgan fingerprint density at radius 2 is 2.00 bits per heavy atom. The zero-order chi connectivity index (χ0) is 17.1. The number of benzene rings is 1. The Labute approximate surface area is 150 Å². The SMILES string of the molecule is O=C(c1cccc(OC2CN(CC3CC=CCC3)C2)c1)N1CCCC1. The summed E-state index contributed by atoms with van der Waals surface area (Å²) in [6, 6.07) is 7.71. The molecule has 0 spiro atoms. The quantitative estimate of drug-likeness (QED) is 0.771. The number of amides is 1. The minimum atomic E-state index is 0.142. The van der Waals surface area contributed by atoms with E-state index in [1.54, 1.807) is 0 Å². The zero-order valence-electron chi connectivity index (χ0n) is 14.9. The Balaban J connectivity index is 1.27. The molecule has 2 saturated heterocycles. The van der Waals surface area contributed by atoms with E-state index >= 15 is 0 Å². The van der Waals surface area contributed by atoms with Gasteiger partial charge in [0.05, 0.1) is 0 Å². The van der Waals surface area contributed by atoms with Crippen LogP contribution in [0.4, 0.5) is 0 Å². The van der Waals surface area contributed by atoms with E-state index in [2.05, 4.69) is 17.1 Å². The lowest BCUT2D eigenvalue weighted by Gasteiger charge is -2.41. The van der Waals surface area contributed by atoms with Gasteiger partial charge in [-0.2, -0.15) is 0 Å². The summed E-state index contributed by atoms with van der Waals surface area (Å²) in [5, 5.41) is 0. The van der Waals surface area contributed by atoms with Gasteiger partial charge in [0.25, 0.3) is 5.91 Å². The fraction of sp³-hybridized carbons (Fsp3) is 0.571. The highest BCUT2D eigenvalue weighted by molar-refractivity contribution is 5.94. The molecular formula is C21H28N2O2. The molecular weight excluding hydrogens is 312 g/mol. The Morgan fingerprint density at radius 1 is 1.16 bits per heavy atom. The maximum atomic E-state index is 12.5. The van der Waals surface area contributed by atoms with Crippen LogP contribution in [0.25, 0.3) is 0 Å². The Hall–Kier alpha value is -1.81. The summed E-state index contributed by atoms with van der Waals surface area (Å²) in [4.78, 5) is 16.9. The van der Waals surface area contributed by atoms with Crippen LogP contribution in [0.15, 0.2) is 36.4 Å². The lowest BCUT2D eigenvalue weighted by Crippen LogP contribution is -2.55. The van der Waals surface area contributed by atoms with E-state index in [0.29, 0.717) is 0 Å². The predicted molar refractivity (Wildman–Crippen MR) is 98.9 cm³/mol. The van der Waals surface area contributed by atoms with Crippen LogP contribution in [0.5, 0.6) is 5.75 Å². The highest BCUT2D eigenvalue weighted by atomic mass is 16.5. The van der Waals surface area contributed by atoms with Crippen molar-refractivity contribution in [2.45, 2.75) is 38.2 Å². The number of carbonyl (C=O) groups excluding carboxylic acids is 1. The van der Waals surface area contributed by atoms with Crippen molar-refractivity contribution in [2.75, 3.05) is 32.7 Å². The summed E-state index contributed by atoms with van der Waals surface area (Å²) >= 11 is 0. The van der Waals surface area contributed by atoms with Gasteiger partial charge in [0.15, 0.2) is 0 Å². The van der Waals surface area contributed by atoms with Gasteiger partial charge in [-0.25, -0.2) is 0 Å².